The van der Waals surface area contributed by atoms with E-state index in [1.165, 1.54) is 6.33 Å². The molecule has 0 aliphatic carbocycles. The van der Waals surface area contributed by atoms with Crippen molar-refractivity contribution in [1.82, 2.24) is 29.9 Å². The Labute approximate surface area is 137 Å². The van der Waals surface area contributed by atoms with Crippen LogP contribution in [0.25, 0.3) is 16.7 Å². The van der Waals surface area contributed by atoms with Crippen molar-refractivity contribution in [2.45, 2.75) is 12.8 Å². The Hall–Kier alpha value is -3.22. The van der Waals surface area contributed by atoms with Gasteiger partial charge in [-0.1, -0.05) is 6.07 Å². The van der Waals surface area contributed by atoms with Gasteiger partial charge >= 0.3 is 0 Å². The summed E-state index contributed by atoms with van der Waals surface area (Å²) in [5.41, 5.74) is 2.69. The predicted molar refractivity (Wildman–Crippen MR) is 89.7 cm³/mol. The van der Waals surface area contributed by atoms with Crippen LogP contribution in [0.5, 0.6) is 0 Å². The molecule has 120 valence electrons. The fourth-order valence-electron chi connectivity index (χ4n) is 2.67. The molecule has 7 heteroatoms. The van der Waals surface area contributed by atoms with Crippen LogP contribution in [0.1, 0.15) is 22.3 Å². The average molecular weight is 320 g/mol. The molecule has 0 bridgehead atoms. The third kappa shape index (κ3) is 2.83. The molecule has 24 heavy (non-hydrogen) atoms. The van der Waals surface area contributed by atoms with Crippen LogP contribution in [0, 0.1) is 0 Å². The number of rotatable bonds is 5. The summed E-state index contributed by atoms with van der Waals surface area (Å²) < 4.78 is 1.65. The van der Waals surface area contributed by atoms with Gasteiger partial charge in [-0.15, -0.1) is 0 Å². The van der Waals surface area contributed by atoms with Crippen LogP contribution in [0.3, 0.4) is 0 Å². The summed E-state index contributed by atoms with van der Waals surface area (Å²) in [6.07, 6.45) is 8.71. The first-order valence-electron chi connectivity index (χ1n) is 7.79. The van der Waals surface area contributed by atoms with Crippen LogP contribution in [0.2, 0.25) is 0 Å². The molecular formula is C17H16N6O. The summed E-state index contributed by atoms with van der Waals surface area (Å²) >= 11 is 0. The van der Waals surface area contributed by atoms with E-state index in [0.717, 1.165) is 29.3 Å². The number of aromatic amines is 1. The number of hydrogen-bond acceptors (Lipinski definition) is 4. The highest BCUT2D eigenvalue weighted by Crippen LogP contribution is 2.14. The third-order valence-corrected chi connectivity index (χ3v) is 3.93. The van der Waals surface area contributed by atoms with Crippen molar-refractivity contribution in [3.8, 4) is 0 Å². The summed E-state index contributed by atoms with van der Waals surface area (Å²) in [5, 5.41) is 8.12. The minimum Gasteiger partial charge on any atom is -0.361 e. The zero-order valence-electron chi connectivity index (χ0n) is 12.9. The number of hydrogen-bond donors (Lipinski definition) is 2. The van der Waals surface area contributed by atoms with Crippen molar-refractivity contribution in [3.05, 3.63) is 60.3 Å². The maximum atomic E-state index is 12.2. The molecule has 4 aromatic rings. The predicted octanol–water partition coefficient (Wildman–Crippen LogP) is 1.97. The topological polar surface area (TPSA) is 88.0 Å². The number of nitrogens with zero attached hydrogens (tertiary/aromatic N) is 4. The first-order valence-corrected chi connectivity index (χ1v) is 7.79. The van der Waals surface area contributed by atoms with Crippen molar-refractivity contribution < 1.29 is 4.79 Å². The van der Waals surface area contributed by atoms with Gasteiger partial charge in [0.1, 0.15) is 6.33 Å². The Kier molecular flexibility index (Phi) is 3.66. The van der Waals surface area contributed by atoms with E-state index >= 15 is 0 Å². The van der Waals surface area contributed by atoms with Gasteiger partial charge in [0.2, 0.25) is 0 Å². The van der Waals surface area contributed by atoms with E-state index in [4.69, 9.17) is 0 Å². The van der Waals surface area contributed by atoms with E-state index in [9.17, 15) is 4.79 Å². The second-order valence-corrected chi connectivity index (χ2v) is 5.61. The molecule has 0 radical (unpaired) electrons. The minimum absolute atomic E-state index is 0.0589. The van der Waals surface area contributed by atoms with Gasteiger partial charge < -0.3 is 10.3 Å². The highest BCUT2D eigenvalue weighted by Gasteiger charge is 2.06. The monoisotopic (exact) mass is 320 g/mol. The van der Waals surface area contributed by atoms with E-state index in [2.05, 4.69) is 25.4 Å². The normalized spacial score (nSPS) is 11.2. The average Bonchev–Trinajstić information content (AvgIpc) is 3.25. The summed E-state index contributed by atoms with van der Waals surface area (Å²) in [4.78, 5) is 23.6. The Balaban J connectivity index is 1.32. The van der Waals surface area contributed by atoms with Gasteiger partial charge in [-0.3, -0.25) is 4.79 Å². The van der Waals surface area contributed by atoms with Crippen molar-refractivity contribution in [1.29, 1.82) is 0 Å². The molecule has 1 aromatic carbocycles. The lowest BCUT2D eigenvalue weighted by molar-refractivity contribution is 0.0953. The SMILES string of the molecule is O=C(NCCCc1cnc2ncnn2c1)c1ccc2cc[nH]c2c1. The van der Waals surface area contributed by atoms with Crippen LogP contribution in [0.15, 0.2) is 49.2 Å². The summed E-state index contributed by atoms with van der Waals surface area (Å²) in [7, 11) is 0. The summed E-state index contributed by atoms with van der Waals surface area (Å²) in [6.45, 7) is 0.608. The largest absolute Gasteiger partial charge is 0.361 e. The Bertz CT molecular complexity index is 1000. The van der Waals surface area contributed by atoms with Crippen LogP contribution in [0.4, 0.5) is 0 Å². The maximum absolute atomic E-state index is 12.2. The van der Waals surface area contributed by atoms with Gasteiger partial charge in [-0.25, -0.2) is 9.50 Å². The molecule has 3 heterocycles. The van der Waals surface area contributed by atoms with Gasteiger partial charge in [0.25, 0.3) is 11.7 Å². The lowest BCUT2D eigenvalue weighted by Gasteiger charge is -2.06. The number of H-pyrrole nitrogens is 1. The highest BCUT2D eigenvalue weighted by atomic mass is 16.1. The zero-order chi connectivity index (χ0) is 16.4. The smallest absolute Gasteiger partial charge is 0.252 e. The van der Waals surface area contributed by atoms with Crippen LogP contribution < -0.4 is 5.32 Å². The lowest BCUT2D eigenvalue weighted by Crippen LogP contribution is -2.24. The molecule has 3 aromatic heterocycles. The third-order valence-electron chi connectivity index (χ3n) is 3.93. The number of benzene rings is 1. The van der Waals surface area contributed by atoms with Gasteiger partial charge in [-0.2, -0.15) is 10.1 Å². The van der Waals surface area contributed by atoms with Gasteiger partial charge in [0, 0.05) is 36.2 Å². The number of amides is 1. The fourth-order valence-corrected chi connectivity index (χ4v) is 2.67. The summed E-state index contributed by atoms with van der Waals surface area (Å²) in [6, 6.07) is 7.64. The van der Waals surface area contributed by atoms with E-state index in [-0.39, 0.29) is 5.91 Å². The molecule has 2 N–H and O–H groups in total. The number of carbonyl (C=O) groups is 1. The molecule has 0 aliphatic heterocycles. The Morgan fingerprint density at radius 1 is 1.25 bits per heavy atom. The molecule has 4 rings (SSSR count). The highest BCUT2D eigenvalue weighted by molar-refractivity contribution is 5.97. The van der Waals surface area contributed by atoms with Crippen molar-refractivity contribution in [2.24, 2.45) is 0 Å². The van der Waals surface area contributed by atoms with E-state index in [1.54, 1.807) is 10.7 Å². The quantitative estimate of drug-likeness (QED) is 0.550. The molecule has 7 nitrogen and oxygen atoms in total. The van der Waals surface area contributed by atoms with Crippen molar-refractivity contribution >= 4 is 22.6 Å². The molecule has 0 atom stereocenters. The molecule has 0 spiro atoms. The summed E-state index contributed by atoms with van der Waals surface area (Å²) in [5.74, 6) is 0.531. The second-order valence-electron chi connectivity index (χ2n) is 5.61. The molecule has 0 fully saturated rings. The first kappa shape index (κ1) is 14.4. The maximum Gasteiger partial charge on any atom is 0.252 e. The fraction of sp³-hybridized carbons (Fsp3) is 0.176. The molecule has 0 saturated carbocycles. The van der Waals surface area contributed by atoms with Crippen molar-refractivity contribution in [2.75, 3.05) is 6.54 Å². The Morgan fingerprint density at radius 3 is 3.17 bits per heavy atom. The van der Waals surface area contributed by atoms with E-state index < -0.39 is 0 Å². The number of carbonyl (C=O) groups excluding carboxylic acids is 1. The molecule has 0 unspecified atom stereocenters. The van der Waals surface area contributed by atoms with Gasteiger partial charge in [0.15, 0.2) is 0 Å². The van der Waals surface area contributed by atoms with Gasteiger partial charge in [-0.05, 0) is 42.0 Å². The van der Waals surface area contributed by atoms with E-state index in [1.807, 2.05) is 36.7 Å². The van der Waals surface area contributed by atoms with E-state index in [0.29, 0.717) is 17.9 Å². The molecule has 1 amide bonds. The Morgan fingerprint density at radius 2 is 2.21 bits per heavy atom. The number of fused-ring (bicyclic) bond motifs is 2. The van der Waals surface area contributed by atoms with Crippen LogP contribution >= 0.6 is 0 Å². The number of nitrogens with one attached hydrogen (secondary N) is 2. The van der Waals surface area contributed by atoms with Crippen molar-refractivity contribution in [3.63, 3.8) is 0 Å². The van der Waals surface area contributed by atoms with Gasteiger partial charge in [0.05, 0.1) is 0 Å². The zero-order valence-corrected chi connectivity index (χ0v) is 12.9. The minimum atomic E-state index is -0.0589. The first-order chi connectivity index (χ1) is 11.8. The molecular weight excluding hydrogens is 304 g/mol. The number of aromatic nitrogens is 5. The molecule has 0 saturated heterocycles. The lowest BCUT2D eigenvalue weighted by atomic mass is 10.1. The standard InChI is InChI=1S/C17H16N6O/c24-16(14-4-3-13-5-7-18-15(13)8-14)19-6-1-2-12-9-20-17-21-11-22-23(17)10-12/h3-5,7-11,18H,1-2,6H2,(H,19,24). The van der Waals surface area contributed by atoms with Crippen LogP contribution in [-0.2, 0) is 6.42 Å². The van der Waals surface area contributed by atoms with Crippen LogP contribution in [-0.4, -0.2) is 37.0 Å². The molecule has 0 aliphatic rings. The number of aryl methyl sites for hydroxylation is 1. The second kappa shape index (κ2) is 6.11.